The summed E-state index contributed by atoms with van der Waals surface area (Å²) < 4.78 is 5.59. The molecule has 3 N–H and O–H groups in total. The molecule has 1 aliphatic carbocycles. The maximum Gasteiger partial charge on any atom is 0.319 e. The zero-order valence-corrected chi connectivity index (χ0v) is 21.3. The van der Waals surface area contributed by atoms with Crippen LogP contribution in [0.4, 0.5) is 16.3 Å². The fourth-order valence-corrected chi connectivity index (χ4v) is 5.68. The van der Waals surface area contributed by atoms with Gasteiger partial charge in [0.2, 0.25) is 0 Å². The molecule has 2 amide bonds. The van der Waals surface area contributed by atoms with Crippen molar-refractivity contribution in [2.75, 3.05) is 37.9 Å². The Morgan fingerprint density at radius 1 is 1.09 bits per heavy atom. The highest BCUT2D eigenvalue weighted by molar-refractivity contribution is 6.36. The second-order valence-corrected chi connectivity index (χ2v) is 10.1. The number of halogens is 2. The van der Waals surface area contributed by atoms with Crippen LogP contribution in [0.25, 0.3) is 10.9 Å². The first-order chi connectivity index (χ1) is 16.9. The molecular weight excluding hydrogens is 485 g/mol. The van der Waals surface area contributed by atoms with E-state index in [1.54, 1.807) is 13.2 Å². The lowest BCUT2D eigenvalue weighted by Gasteiger charge is -2.29. The summed E-state index contributed by atoms with van der Waals surface area (Å²) in [5, 5.41) is 11.7. The molecule has 0 spiro atoms. The minimum Gasteiger partial charge on any atom is -0.495 e. The van der Waals surface area contributed by atoms with Crippen molar-refractivity contribution in [2.45, 2.75) is 37.8 Å². The Labute approximate surface area is 215 Å². The maximum absolute atomic E-state index is 12.5. The predicted molar refractivity (Wildman–Crippen MR) is 142 cm³/mol. The second kappa shape index (κ2) is 10.1. The van der Waals surface area contributed by atoms with Crippen LogP contribution in [0.5, 0.6) is 5.75 Å². The van der Waals surface area contributed by atoms with Crippen molar-refractivity contribution in [3.8, 4) is 5.75 Å². The van der Waals surface area contributed by atoms with Crippen molar-refractivity contribution in [1.82, 2.24) is 15.2 Å². The number of hydrogen-bond acceptors (Lipinski definition) is 5. The zero-order valence-electron chi connectivity index (χ0n) is 19.8. The Kier molecular flexibility index (Phi) is 6.91. The number of hydrogen-bond donors (Lipinski definition) is 3. The van der Waals surface area contributed by atoms with Gasteiger partial charge in [0.1, 0.15) is 11.6 Å². The lowest BCUT2D eigenvalue weighted by atomic mass is 10.1. The first-order valence-corrected chi connectivity index (χ1v) is 12.6. The number of benzene rings is 2. The summed E-state index contributed by atoms with van der Waals surface area (Å²) in [6.45, 7) is 2.00. The van der Waals surface area contributed by atoms with Crippen LogP contribution in [0.1, 0.15) is 36.4 Å². The molecule has 1 unspecified atom stereocenters. The highest BCUT2D eigenvalue weighted by Crippen LogP contribution is 2.46. The molecule has 2 aliphatic rings. The number of aromatic nitrogens is 1. The first kappa shape index (κ1) is 24.0. The molecule has 1 saturated heterocycles. The minimum absolute atomic E-state index is 0.00492. The van der Waals surface area contributed by atoms with Crippen LogP contribution < -0.4 is 20.7 Å². The van der Waals surface area contributed by atoms with E-state index in [0.717, 1.165) is 72.3 Å². The van der Waals surface area contributed by atoms with Crippen molar-refractivity contribution in [3.63, 3.8) is 0 Å². The van der Waals surface area contributed by atoms with E-state index in [2.05, 4.69) is 27.9 Å². The van der Waals surface area contributed by atoms with Gasteiger partial charge in [0.15, 0.2) is 0 Å². The van der Waals surface area contributed by atoms with Gasteiger partial charge in [-0.1, -0.05) is 23.2 Å². The van der Waals surface area contributed by atoms with Crippen molar-refractivity contribution in [1.29, 1.82) is 0 Å². The second-order valence-electron chi connectivity index (χ2n) is 9.28. The molecule has 2 heterocycles. The fourth-order valence-electron chi connectivity index (χ4n) is 5.03. The van der Waals surface area contributed by atoms with Gasteiger partial charge in [-0.15, -0.1) is 0 Å². The van der Waals surface area contributed by atoms with Crippen LogP contribution in [-0.2, 0) is 6.42 Å². The van der Waals surface area contributed by atoms with Crippen LogP contribution in [0.15, 0.2) is 36.4 Å². The number of amides is 2. The summed E-state index contributed by atoms with van der Waals surface area (Å²) in [7, 11) is 3.73. The molecule has 9 heteroatoms. The van der Waals surface area contributed by atoms with Gasteiger partial charge in [-0.2, -0.15) is 0 Å². The molecule has 1 aromatic heterocycles. The molecule has 184 valence electrons. The number of methoxy groups -OCH3 is 1. The van der Waals surface area contributed by atoms with E-state index in [1.165, 1.54) is 0 Å². The van der Waals surface area contributed by atoms with Gasteiger partial charge >= 0.3 is 6.03 Å². The third-order valence-corrected chi connectivity index (χ3v) is 7.50. The standard InChI is InChI=1S/C26H29Cl2N5O2/c1-33-11-9-16(10-12-33)29-26(34)30-17-4-6-21-15(13-17)3-8-23(31-21)32-22-7-5-18-19(27)14-20(28)25(35-2)24(18)22/h3-4,6,8,13-14,16,22H,5,7,9-12H2,1-2H3,(H,31,32)(H2,29,30,34). The third kappa shape index (κ3) is 5.13. The molecule has 0 radical (unpaired) electrons. The number of nitrogens with one attached hydrogen (secondary N) is 3. The number of carbonyl (C=O) groups excluding carboxylic acids is 1. The highest BCUT2D eigenvalue weighted by Gasteiger charge is 2.30. The van der Waals surface area contributed by atoms with Crippen LogP contribution >= 0.6 is 23.2 Å². The SMILES string of the molecule is COc1c(Cl)cc(Cl)c2c1C(Nc1ccc3cc(NC(=O)NC4CCN(C)CC4)ccc3n1)CC2. The van der Waals surface area contributed by atoms with Gasteiger partial charge in [0.05, 0.1) is 23.7 Å². The van der Waals surface area contributed by atoms with Gasteiger partial charge in [-0.3, -0.25) is 0 Å². The average Bonchev–Trinajstić information content (AvgIpc) is 3.25. The Balaban J connectivity index is 1.28. The summed E-state index contributed by atoms with van der Waals surface area (Å²) in [5.74, 6) is 1.42. The summed E-state index contributed by atoms with van der Waals surface area (Å²) in [5.41, 5.74) is 3.65. The van der Waals surface area contributed by atoms with Crippen LogP contribution in [0, 0.1) is 0 Å². The van der Waals surface area contributed by atoms with Gasteiger partial charge < -0.3 is 25.6 Å². The number of carbonyl (C=O) groups is 1. The van der Waals surface area contributed by atoms with Gasteiger partial charge in [0, 0.05) is 27.7 Å². The molecule has 1 fully saturated rings. The smallest absolute Gasteiger partial charge is 0.319 e. The van der Waals surface area contributed by atoms with Crippen molar-refractivity contribution >= 4 is 51.6 Å². The molecule has 0 bridgehead atoms. The van der Waals surface area contributed by atoms with Crippen LogP contribution in [0.3, 0.4) is 0 Å². The van der Waals surface area contributed by atoms with Crippen molar-refractivity contribution in [2.24, 2.45) is 0 Å². The van der Waals surface area contributed by atoms with Crippen molar-refractivity contribution in [3.05, 3.63) is 57.6 Å². The third-order valence-electron chi connectivity index (χ3n) is 6.89. The maximum atomic E-state index is 12.5. The number of likely N-dealkylation sites (tertiary alicyclic amines) is 1. The Morgan fingerprint density at radius 3 is 2.66 bits per heavy atom. The normalized spacial score (nSPS) is 18.3. The quantitative estimate of drug-likeness (QED) is 0.397. The van der Waals surface area contributed by atoms with Crippen LogP contribution in [0.2, 0.25) is 10.0 Å². The molecule has 2 aromatic carbocycles. The van der Waals surface area contributed by atoms with E-state index in [4.69, 9.17) is 32.9 Å². The average molecular weight is 514 g/mol. The molecule has 7 nitrogen and oxygen atoms in total. The van der Waals surface area contributed by atoms with Gasteiger partial charge in [0.25, 0.3) is 0 Å². The molecule has 3 aromatic rings. The molecule has 35 heavy (non-hydrogen) atoms. The monoisotopic (exact) mass is 513 g/mol. The lowest BCUT2D eigenvalue weighted by Crippen LogP contribution is -2.44. The van der Waals surface area contributed by atoms with Crippen molar-refractivity contribution < 1.29 is 9.53 Å². The summed E-state index contributed by atoms with van der Waals surface area (Å²) in [4.78, 5) is 19.5. The number of piperidine rings is 1. The number of fused-ring (bicyclic) bond motifs is 2. The zero-order chi connectivity index (χ0) is 24.5. The number of ether oxygens (including phenoxy) is 1. The molecule has 1 aliphatic heterocycles. The molecule has 1 atom stereocenters. The number of nitrogens with zero attached hydrogens (tertiary/aromatic N) is 2. The Hall–Kier alpha value is -2.74. The van der Waals surface area contributed by atoms with E-state index in [9.17, 15) is 4.79 Å². The van der Waals surface area contributed by atoms with E-state index >= 15 is 0 Å². The Morgan fingerprint density at radius 2 is 1.89 bits per heavy atom. The Bertz CT molecular complexity index is 1260. The topological polar surface area (TPSA) is 78.5 Å². The van der Waals surface area contributed by atoms with E-state index < -0.39 is 0 Å². The lowest BCUT2D eigenvalue weighted by molar-refractivity contribution is 0.221. The molecular formula is C26H29Cl2N5O2. The minimum atomic E-state index is -0.170. The summed E-state index contributed by atoms with van der Waals surface area (Å²) >= 11 is 12.8. The largest absolute Gasteiger partial charge is 0.495 e. The first-order valence-electron chi connectivity index (χ1n) is 11.9. The van der Waals surface area contributed by atoms with Crippen LogP contribution in [-0.4, -0.2) is 49.2 Å². The number of pyridine rings is 1. The van der Waals surface area contributed by atoms with E-state index in [0.29, 0.717) is 15.8 Å². The van der Waals surface area contributed by atoms with Gasteiger partial charge in [-0.05, 0) is 87.8 Å². The number of rotatable bonds is 5. The molecule has 5 rings (SSSR count). The predicted octanol–water partition coefficient (Wildman–Crippen LogP) is 5.87. The number of urea groups is 1. The molecule has 0 saturated carbocycles. The number of anilines is 2. The fraction of sp³-hybridized carbons (Fsp3) is 0.385. The van der Waals surface area contributed by atoms with E-state index in [-0.39, 0.29) is 18.1 Å². The van der Waals surface area contributed by atoms with E-state index in [1.807, 2.05) is 30.3 Å². The summed E-state index contributed by atoms with van der Waals surface area (Å²) in [6.07, 6.45) is 3.66. The summed E-state index contributed by atoms with van der Waals surface area (Å²) in [6, 6.07) is 11.5. The highest BCUT2D eigenvalue weighted by atomic mass is 35.5. The van der Waals surface area contributed by atoms with Gasteiger partial charge in [-0.25, -0.2) is 9.78 Å².